The number of nitrogens with one attached hydrogen (secondary N) is 1. The van der Waals surface area contributed by atoms with Gasteiger partial charge in [-0.1, -0.05) is 42.5 Å². The van der Waals surface area contributed by atoms with Crippen molar-refractivity contribution in [3.05, 3.63) is 93.9 Å². The molecule has 28 heavy (non-hydrogen) atoms. The Hall–Kier alpha value is -3.74. The Kier molecular flexibility index (Phi) is 4.72. The number of benzene rings is 2. The van der Waals surface area contributed by atoms with Crippen molar-refractivity contribution in [2.75, 3.05) is 5.32 Å². The molecule has 0 bridgehead atoms. The average Bonchev–Trinajstić information content (AvgIpc) is 3.13. The Morgan fingerprint density at radius 3 is 2.71 bits per heavy atom. The summed E-state index contributed by atoms with van der Waals surface area (Å²) < 4.78 is 1.90. The first-order valence-electron chi connectivity index (χ1n) is 8.94. The second kappa shape index (κ2) is 7.48. The van der Waals surface area contributed by atoms with E-state index in [0.29, 0.717) is 18.6 Å². The number of hydrogen-bond acceptors (Lipinski definition) is 5. The first-order valence-corrected chi connectivity index (χ1v) is 8.94. The predicted octanol–water partition coefficient (Wildman–Crippen LogP) is 4.31. The zero-order chi connectivity index (χ0) is 19.5. The summed E-state index contributed by atoms with van der Waals surface area (Å²) in [6.45, 7) is 3.11. The summed E-state index contributed by atoms with van der Waals surface area (Å²) in [6.07, 6.45) is 3.83. The first-order chi connectivity index (χ1) is 13.6. The molecular weight excluding hydrogens is 354 g/mol. The fourth-order valence-electron chi connectivity index (χ4n) is 3.21. The van der Waals surface area contributed by atoms with Crippen LogP contribution < -0.4 is 5.32 Å². The van der Waals surface area contributed by atoms with E-state index < -0.39 is 4.92 Å². The van der Waals surface area contributed by atoms with Crippen molar-refractivity contribution in [1.29, 1.82) is 0 Å². The molecule has 0 spiro atoms. The molecule has 0 saturated heterocycles. The largest absolute Gasteiger partial charge is 0.380 e. The Morgan fingerprint density at radius 2 is 1.93 bits per heavy atom. The molecule has 2 heterocycles. The number of rotatable bonds is 6. The molecule has 0 amide bonds. The van der Waals surface area contributed by atoms with Gasteiger partial charge in [-0.2, -0.15) is 5.10 Å². The van der Waals surface area contributed by atoms with E-state index in [4.69, 9.17) is 0 Å². The zero-order valence-corrected chi connectivity index (χ0v) is 15.4. The molecule has 0 unspecified atom stereocenters. The smallest absolute Gasteiger partial charge is 0.295 e. The summed E-state index contributed by atoms with van der Waals surface area (Å²) in [6, 6.07) is 17.1. The second-order valence-corrected chi connectivity index (χ2v) is 6.63. The summed E-state index contributed by atoms with van der Waals surface area (Å²) in [5.74, 6) is 0. The van der Waals surface area contributed by atoms with E-state index in [9.17, 15) is 10.1 Å². The van der Waals surface area contributed by atoms with E-state index in [1.807, 2.05) is 54.3 Å². The molecule has 2 aromatic carbocycles. The number of fused-ring (bicyclic) bond motifs is 1. The maximum absolute atomic E-state index is 11.3. The Balaban J connectivity index is 1.55. The minimum Gasteiger partial charge on any atom is -0.380 e. The molecule has 0 aliphatic heterocycles. The third kappa shape index (κ3) is 3.68. The lowest BCUT2D eigenvalue weighted by molar-refractivity contribution is -0.383. The van der Waals surface area contributed by atoms with Gasteiger partial charge in [0.25, 0.3) is 5.69 Å². The van der Waals surface area contributed by atoms with Crippen LogP contribution in [-0.2, 0) is 13.1 Å². The number of nitrogens with zero attached hydrogens (tertiary/aromatic N) is 4. The fourth-order valence-corrected chi connectivity index (χ4v) is 3.21. The molecule has 0 fully saturated rings. The minimum atomic E-state index is -0.397. The molecule has 0 atom stereocenters. The van der Waals surface area contributed by atoms with Gasteiger partial charge in [-0.25, -0.2) is 4.98 Å². The summed E-state index contributed by atoms with van der Waals surface area (Å²) >= 11 is 0. The van der Waals surface area contributed by atoms with Crippen LogP contribution in [0.3, 0.4) is 0 Å². The second-order valence-electron chi connectivity index (χ2n) is 6.63. The van der Waals surface area contributed by atoms with Crippen LogP contribution in [0.25, 0.3) is 10.9 Å². The van der Waals surface area contributed by atoms with Crippen LogP contribution in [0, 0.1) is 17.0 Å². The zero-order valence-electron chi connectivity index (χ0n) is 15.4. The number of nitro groups is 1. The van der Waals surface area contributed by atoms with Gasteiger partial charge in [0, 0.05) is 41.1 Å². The molecular formula is C21H19N5O2. The van der Waals surface area contributed by atoms with Crippen molar-refractivity contribution in [1.82, 2.24) is 14.8 Å². The molecule has 7 heteroatoms. The number of pyridine rings is 1. The molecule has 2 aromatic heterocycles. The third-order valence-electron chi connectivity index (χ3n) is 4.50. The van der Waals surface area contributed by atoms with Gasteiger partial charge in [0.15, 0.2) is 5.52 Å². The summed E-state index contributed by atoms with van der Waals surface area (Å²) in [4.78, 5) is 15.3. The third-order valence-corrected chi connectivity index (χ3v) is 4.50. The van der Waals surface area contributed by atoms with Crippen molar-refractivity contribution in [2.24, 2.45) is 0 Å². The van der Waals surface area contributed by atoms with Crippen LogP contribution in [0.5, 0.6) is 0 Å². The van der Waals surface area contributed by atoms with E-state index in [0.717, 1.165) is 22.3 Å². The van der Waals surface area contributed by atoms with Crippen LogP contribution in [0.1, 0.15) is 16.8 Å². The van der Waals surface area contributed by atoms with E-state index in [2.05, 4.69) is 27.5 Å². The first kappa shape index (κ1) is 17.7. The van der Waals surface area contributed by atoms with E-state index in [-0.39, 0.29) is 5.69 Å². The highest BCUT2D eigenvalue weighted by Crippen LogP contribution is 2.30. The number of hydrogen-bond donors (Lipinski definition) is 1. The van der Waals surface area contributed by atoms with Crippen LogP contribution in [0.15, 0.2) is 67.0 Å². The SMILES string of the molecule is Cc1cc(NCc2cnn(Cc3ccccc3)c2)c2cccc([N+](=O)[O-])c2n1. The van der Waals surface area contributed by atoms with Gasteiger partial charge in [-0.05, 0) is 18.6 Å². The molecule has 0 radical (unpaired) electrons. The molecule has 140 valence electrons. The van der Waals surface area contributed by atoms with Crippen molar-refractivity contribution in [2.45, 2.75) is 20.0 Å². The maximum atomic E-state index is 11.3. The van der Waals surface area contributed by atoms with Crippen LogP contribution in [0.4, 0.5) is 11.4 Å². The lowest BCUT2D eigenvalue weighted by atomic mass is 10.1. The normalized spacial score (nSPS) is 10.9. The van der Waals surface area contributed by atoms with Gasteiger partial charge >= 0.3 is 0 Å². The molecule has 0 aliphatic rings. The van der Waals surface area contributed by atoms with Gasteiger partial charge in [0.05, 0.1) is 17.7 Å². The fraction of sp³-hybridized carbons (Fsp3) is 0.143. The summed E-state index contributed by atoms with van der Waals surface area (Å²) in [5, 5.41) is 19.8. The van der Waals surface area contributed by atoms with Crippen LogP contribution in [0.2, 0.25) is 0 Å². The highest BCUT2D eigenvalue weighted by atomic mass is 16.6. The molecule has 0 aliphatic carbocycles. The highest BCUT2D eigenvalue weighted by Gasteiger charge is 2.15. The number of para-hydroxylation sites is 1. The molecule has 7 nitrogen and oxygen atoms in total. The Morgan fingerprint density at radius 1 is 1.11 bits per heavy atom. The van der Waals surface area contributed by atoms with Gasteiger partial charge in [0.2, 0.25) is 0 Å². The van der Waals surface area contributed by atoms with Crippen molar-refractivity contribution in [3.8, 4) is 0 Å². The number of nitro benzene ring substituents is 1. The molecule has 0 saturated carbocycles. The van der Waals surface area contributed by atoms with Crippen molar-refractivity contribution in [3.63, 3.8) is 0 Å². The summed E-state index contributed by atoms with van der Waals surface area (Å²) in [7, 11) is 0. The molecule has 4 aromatic rings. The van der Waals surface area contributed by atoms with Crippen LogP contribution in [-0.4, -0.2) is 19.7 Å². The quantitative estimate of drug-likeness (QED) is 0.402. The molecule has 4 rings (SSSR count). The summed E-state index contributed by atoms with van der Waals surface area (Å²) in [5.41, 5.74) is 4.18. The van der Waals surface area contributed by atoms with Crippen molar-refractivity contribution < 1.29 is 4.92 Å². The van der Waals surface area contributed by atoms with Gasteiger partial charge < -0.3 is 5.32 Å². The number of non-ortho nitro benzene ring substituents is 1. The highest BCUT2D eigenvalue weighted by molar-refractivity contribution is 5.96. The molecule has 1 N–H and O–H groups in total. The lowest BCUT2D eigenvalue weighted by Crippen LogP contribution is -2.02. The monoisotopic (exact) mass is 373 g/mol. The van der Waals surface area contributed by atoms with Gasteiger partial charge in [-0.3, -0.25) is 14.8 Å². The predicted molar refractivity (Wildman–Crippen MR) is 108 cm³/mol. The standard InChI is InChI=1S/C21H19N5O2/c1-15-10-19(18-8-5-9-20(26(27)28)21(18)24-15)22-11-17-12-23-25(14-17)13-16-6-3-2-4-7-16/h2-10,12,14H,11,13H2,1H3,(H,22,24). The Labute approximate surface area is 161 Å². The van der Waals surface area contributed by atoms with E-state index in [1.165, 1.54) is 11.6 Å². The van der Waals surface area contributed by atoms with Gasteiger partial charge in [0.1, 0.15) is 0 Å². The topological polar surface area (TPSA) is 85.9 Å². The van der Waals surface area contributed by atoms with Gasteiger partial charge in [-0.15, -0.1) is 0 Å². The Bertz CT molecular complexity index is 1140. The maximum Gasteiger partial charge on any atom is 0.295 e. The van der Waals surface area contributed by atoms with Crippen LogP contribution >= 0.6 is 0 Å². The number of anilines is 1. The number of aromatic nitrogens is 3. The lowest BCUT2D eigenvalue weighted by Gasteiger charge is -2.10. The van der Waals surface area contributed by atoms with E-state index >= 15 is 0 Å². The average molecular weight is 373 g/mol. The minimum absolute atomic E-state index is 0.0138. The van der Waals surface area contributed by atoms with Crippen molar-refractivity contribution >= 4 is 22.3 Å². The number of aryl methyl sites for hydroxylation is 1. The van der Waals surface area contributed by atoms with E-state index in [1.54, 1.807) is 6.07 Å².